The lowest BCUT2D eigenvalue weighted by Crippen LogP contribution is -2.49. The molecule has 0 N–H and O–H groups in total. The molecule has 0 aromatic heterocycles. The van der Waals surface area contributed by atoms with E-state index < -0.39 is 18.9 Å². The van der Waals surface area contributed by atoms with Crippen LogP contribution in [0.1, 0.15) is 6.92 Å². The van der Waals surface area contributed by atoms with Gasteiger partial charge in [0, 0.05) is 26.2 Å². The molecule has 1 heterocycles. The van der Waals surface area contributed by atoms with Crippen molar-refractivity contribution in [2.75, 3.05) is 39.3 Å². The molecule has 1 saturated heterocycles. The quantitative estimate of drug-likeness (QED) is 0.729. The van der Waals surface area contributed by atoms with Gasteiger partial charge in [-0.05, 0) is 6.54 Å². The lowest BCUT2D eigenvalue weighted by atomic mass is 10.3. The molecule has 16 heavy (non-hydrogen) atoms. The van der Waals surface area contributed by atoms with E-state index in [1.54, 1.807) is 0 Å². The summed E-state index contributed by atoms with van der Waals surface area (Å²) >= 11 is 0. The van der Waals surface area contributed by atoms with E-state index in [1.165, 1.54) is 4.90 Å². The Morgan fingerprint density at radius 1 is 1.25 bits per heavy atom. The summed E-state index contributed by atoms with van der Waals surface area (Å²) < 4.78 is 39.5. The van der Waals surface area contributed by atoms with Crippen molar-refractivity contribution < 1.29 is 22.7 Å². The van der Waals surface area contributed by atoms with Crippen molar-refractivity contribution in [3.8, 4) is 0 Å². The van der Waals surface area contributed by atoms with Crippen LogP contribution in [0.15, 0.2) is 0 Å². The van der Waals surface area contributed by atoms with Crippen molar-refractivity contribution in [1.82, 2.24) is 9.80 Å². The van der Waals surface area contributed by atoms with E-state index in [2.05, 4.69) is 9.64 Å². The van der Waals surface area contributed by atoms with E-state index in [1.807, 2.05) is 6.92 Å². The monoisotopic (exact) mass is 240 g/mol. The summed E-state index contributed by atoms with van der Waals surface area (Å²) in [6.07, 6.45) is -5.34. The molecule has 1 amide bonds. The molecule has 0 bridgehead atoms. The second kappa shape index (κ2) is 5.38. The molecule has 0 atom stereocenters. The summed E-state index contributed by atoms with van der Waals surface area (Å²) in [4.78, 5) is 14.6. The summed E-state index contributed by atoms with van der Waals surface area (Å²) in [5, 5.41) is 0. The fraction of sp³-hybridized carbons (Fsp3) is 0.889. The molecule has 0 spiro atoms. The number of rotatable bonds is 2. The minimum atomic E-state index is -4.46. The molecular formula is C9H15F3N2O2. The Labute approximate surface area is 91.9 Å². The molecule has 0 aromatic carbocycles. The van der Waals surface area contributed by atoms with Crippen LogP contribution >= 0.6 is 0 Å². The largest absolute Gasteiger partial charge is 0.440 e. The Kier molecular flexibility index (Phi) is 4.40. The average Bonchev–Trinajstić information content (AvgIpc) is 2.25. The van der Waals surface area contributed by atoms with Crippen molar-refractivity contribution in [3.63, 3.8) is 0 Å². The number of piperazine rings is 1. The Bertz CT molecular complexity index is 237. The van der Waals surface area contributed by atoms with Gasteiger partial charge in [0.15, 0.2) is 6.61 Å². The van der Waals surface area contributed by atoms with Gasteiger partial charge in [-0.15, -0.1) is 0 Å². The summed E-state index contributed by atoms with van der Waals surface area (Å²) in [5.74, 6) is 0. The van der Waals surface area contributed by atoms with Gasteiger partial charge in [-0.1, -0.05) is 6.92 Å². The van der Waals surface area contributed by atoms with Crippen molar-refractivity contribution in [2.45, 2.75) is 13.1 Å². The minimum absolute atomic E-state index is 0.421. The van der Waals surface area contributed by atoms with Crippen molar-refractivity contribution >= 4 is 6.09 Å². The van der Waals surface area contributed by atoms with Crippen LogP contribution in [0.25, 0.3) is 0 Å². The van der Waals surface area contributed by atoms with Crippen LogP contribution in [-0.2, 0) is 4.74 Å². The zero-order valence-electron chi connectivity index (χ0n) is 9.09. The van der Waals surface area contributed by atoms with Crippen molar-refractivity contribution in [3.05, 3.63) is 0 Å². The predicted molar refractivity (Wildman–Crippen MR) is 51.1 cm³/mol. The predicted octanol–water partition coefficient (Wildman–Crippen LogP) is 1.32. The summed E-state index contributed by atoms with van der Waals surface area (Å²) in [7, 11) is 0. The number of likely N-dealkylation sites (N-methyl/N-ethyl adjacent to an activating group) is 1. The van der Waals surface area contributed by atoms with E-state index in [-0.39, 0.29) is 0 Å². The highest BCUT2D eigenvalue weighted by molar-refractivity contribution is 5.67. The first kappa shape index (κ1) is 13.1. The lowest BCUT2D eigenvalue weighted by molar-refractivity contribution is -0.162. The highest BCUT2D eigenvalue weighted by atomic mass is 19.4. The molecule has 4 nitrogen and oxygen atoms in total. The minimum Gasteiger partial charge on any atom is -0.440 e. The Morgan fingerprint density at radius 2 is 1.81 bits per heavy atom. The molecule has 1 rings (SSSR count). The van der Waals surface area contributed by atoms with Crippen LogP contribution in [-0.4, -0.2) is 61.4 Å². The smallest absolute Gasteiger partial charge is 0.422 e. The summed E-state index contributed by atoms with van der Waals surface area (Å²) in [5.41, 5.74) is 0. The molecule has 0 aromatic rings. The van der Waals surface area contributed by atoms with Crippen LogP contribution in [0.2, 0.25) is 0 Å². The number of hydrogen-bond donors (Lipinski definition) is 0. The van der Waals surface area contributed by atoms with E-state index in [9.17, 15) is 18.0 Å². The standard InChI is InChI=1S/C9H15F3N2O2/c1-2-13-3-5-14(6-4-13)8(15)16-7-9(10,11)12/h2-7H2,1H3. The number of carbonyl (C=O) groups excluding carboxylic acids is 1. The number of hydrogen-bond acceptors (Lipinski definition) is 3. The average molecular weight is 240 g/mol. The molecule has 7 heteroatoms. The third-order valence-corrected chi connectivity index (χ3v) is 2.44. The molecule has 1 fully saturated rings. The van der Waals surface area contributed by atoms with Gasteiger partial charge in [0.2, 0.25) is 0 Å². The van der Waals surface area contributed by atoms with Gasteiger partial charge in [0.05, 0.1) is 0 Å². The first-order valence-electron chi connectivity index (χ1n) is 5.13. The molecular weight excluding hydrogens is 225 g/mol. The van der Waals surface area contributed by atoms with Gasteiger partial charge in [-0.3, -0.25) is 0 Å². The SMILES string of the molecule is CCN1CCN(C(=O)OCC(F)(F)F)CC1. The second-order valence-corrected chi connectivity index (χ2v) is 3.59. The van der Waals surface area contributed by atoms with Gasteiger partial charge in [0.1, 0.15) is 0 Å². The fourth-order valence-corrected chi connectivity index (χ4v) is 1.48. The Balaban J connectivity index is 2.28. The maximum atomic E-state index is 11.8. The first-order valence-corrected chi connectivity index (χ1v) is 5.13. The number of ether oxygens (including phenoxy) is 1. The van der Waals surface area contributed by atoms with Crippen LogP contribution in [0.5, 0.6) is 0 Å². The van der Waals surface area contributed by atoms with E-state index in [0.717, 1.165) is 6.54 Å². The van der Waals surface area contributed by atoms with Crippen molar-refractivity contribution in [2.24, 2.45) is 0 Å². The van der Waals surface area contributed by atoms with Crippen LogP contribution in [0.4, 0.5) is 18.0 Å². The van der Waals surface area contributed by atoms with Gasteiger partial charge < -0.3 is 14.5 Å². The number of halogens is 3. The van der Waals surface area contributed by atoms with Crippen LogP contribution in [0.3, 0.4) is 0 Å². The highest BCUT2D eigenvalue weighted by Crippen LogP contribution is 2.15. The lowest BCUT2D eigenvalue weighted by Gasteiger charge is -2.33. The first-order chi connectivity index (χ1) is 7.42. The zero-order valence-corrected chi connectivity index (χ0v) is 9.09. The van der Waals surface area contributed by atoms with Gasteiger partial charge in [-0.2, -0.15) is 13.2 Å². The Hall–Kier alpha value is -0.980. The van der Waals surface area contributed by atoms with Gasteiger partial charge in [0.25, 0.3) is 0 Å². The number of nitrogens with zero attached hydrogens (tertiary/aromatic N) is 2. The topological polar surface area (TPSA) is 32.8 Å². The number of amides is 1. The maximum absolute atomic E-state index is 11.8. The summed E-state index contributed by atoms with van der Waals surface area (Å²) in [6, 6.07) is 0. The fourth-order valence-electron chi connectivity index (χ4n) is 1.48. The maximum Gasteiger partial charge on any atom is 0.422 e. The molecule has 94 valence electrons. The molecule has 0 radical (unpaired) electrons. The zero-order chi connectivity index (χ0) is 12.2. The van der Waals surface area contributed by atoms with E-state index in [4.69, 9.17) is 0 Å². The molecule has 0 unspecified atom stereocenters. The van der Waals surface area contributed by atoms with Crippen LogP contribution < -0.4 is 0 Å². The normalized spacial score (nSPS) is 18.6. The van der Waals surface area contributed by atoms with Gasteiger partial charge in [-0.25, -0.2) is 4.79 Å². The molecule has 1 aliphatic heterocycles. The molecule has 0 saturated carbocycles. The number of alkyl halides is 3. The molecule has 1 aliphatic rings. The summed E-state index contributed by atoms with van der Waals surface area (Å²) in [6.45, 7) is 3.56. The highest BCUT2D eigenvalue weighted by Gasteiger charge is 2.31. The van der Waals surface area contributed by atoms with E-state index >= 15 is 0 Å². The van der Waals surface area contributed by atoms with Gasteiger partial charge >= 0.3 is 12.3 Å². The third-order valence-electron chi connectivity index (χ3n) is 2.44. The second-order valence-electron chi connectivity index (χ2n) is 3.59. The van der Waals surface area contributed by atoms with E-state index in [0.29, 0.717) is 26.2 Å². The number of carbonyl (C=O) groups is 1. The third kappa shape index (κ3) is 4.26. The Morgan fingerprint density at radius 3 is 2.25 bits per heavy atom. The molecule has 0 aliphatic carbocycles. The van der Waals surface area contributed by atoms with Crippen LogP contribution in [0, 0.1) is 0 Å². The van der Waals surface area contributed by atoms with Crippen molar-refractivity contribution in [1.29, 1.82) is 0 Å².